The summed E-state index contributed by atoms with van der Waals surface area (Å²) in [5.41, 5.74) is 1.23. The number of piperazine rings is 1. The fourth-order valence-corrected chi connectivity index (χ4v) is 4.21. The summed E-state index contributed by atoms with van der Waals surface area (Å²) in [6.07, 6.45) is 6.06. The Balaban J connectivity index is 1.25. The number of nitrogens with one attached hydrogen (secondary N) is 1. The van der Waals surface area contributed by atoms with Crippen molar-refractivity contribution in [3.63, 3.8) is 0 Å². The number of benzene rings is 2. The third-order valence-corrected chi connectivity index (χ3v) is 5.88. The van der Waals surface area contributed by atoms with Crippen LogP contribution in [-0.4, -0.2) is 48.1 Å². The van der Waals surface area contributed by atoms with Gasteiger partial charge in [0.1, 0.15) is 11.5 Å². The van der Waals surface area contributed by atoms with E-state index < -0.39 is 0 Å². The predicted octanol–water partition coefficient (Wildman–Crippen LogP) is 4.64. The fraction of sp³-hybridized carbons (Fsp3) is 0.458. The molecule has 154 valence electrons. The van der Waals surface area contributed by atoms with Crippen LogP contribution >= 0.6 is 0 Å². The third kappa shape index (κ3) is 5.73. The normalized spacial score (nSPS) is 18.4. The highest BCUT2D eigenvalue weighted by molar-refractivity contribution is 5.74. The molecule has 2 aromatic rings. The van der Waals surface area contributed by atoms with Crippen molar-refractivity contribution in [2.75, 3.05) is 26.2 Å². The summed E-state index contributed by atoms with van der Waals surface area (Å²) in [5, 5.41) is 3.24. The van der Waals surface area contributed by atoms with E-state index in [1.807, 2.05) is 47.4 Å². The Bertz CT molecular complexity index is 782. The van der Waals surface area contributed by atoms with Crippen LogP contribution in [-0.2, 0) is 6.54 Å². The van der Waals surface area contributed by atoms with Crippen LogP contribution in [0, 0.1) is 0 Å². The van der Waals surface area contributed by atoms with Gasteiger partial charge in [-0.3, -0.25) is 4.90 Å². The molecule has 1 saturated heterocycles. The first-order chi connectivity index (χ1) is 14.3. The first-order valence-electron chi connectivity index (χ1n) is 10.9. The van der Waals surface area contributed by atoms with E-state index in [-0.39, 0.29) is 6.03 Å². The van der Waals surface area contributed by atoms with Gasteiger partial charge >= 0.3 is 6.03 Å². The molecule has 5 nitrogen and oxygen atoms in total. The van der Waals surface area contributed by atoms with Crippen LogP contribution in [0.1, 0.15) is 37.7 Å². The Hall–Kier alpha value is -2.53. The Morgan fingerprint density at radius 2 is 1.62 bits per heavy atom. The van der Waals surface area contributed by atoms with Gasteiger partial charge in [-0.05, 0) is 42.7 Å². The first-order valence-corrected chi connectivity index (χ1v) is 10.9. The molecule has 0 atom stereocenters. The molecule has 2 aromatic carbocycles. The molecule has 2 amide bonds. The predicted molar refractivity (Wildman–Crippen MR) is 115 cm³/mol. The average Bonchev–Trinajstić information content (AvgIpc) is 2.76. The summed E-state index contributed by atoms with van der Waals surface area (Å²) in [5.74, 6) is 1.71. The molecule has 1 heterocycles. The summed E-state index contributed by atoms with van der Waals surface area (Å²) in [7, 11) is 0. The maximum atomic E-state index is 12.5. The van der Waals surface area contributed by atoms with Crippen molar-refractivity contribution >= 4 is 6.03 Å². The van der Waals surface area contributed by atoms with Crippen LogP contribution in [0.4, 0.5) is 4.79 Å². The highest BCUT2D eigenvalue weighted by Gasteiger charge is 2.23. The molecule has 4 rings (SSSR count). The number of ether oxygens (including phenoxy) is 1. The average molecular weight is 394 g/mol. The van der Waals surface area contributed by atoms with Crippen LogP contribution in [0.15, 0.2) is 54.6 Å². The van der Waals surface area contributed by atoms with Crippen molar-refractivity contribution in [1.29, 1.82) is 0 Å². The van der Waals surface area contributed by atoms with Gasteiger partial charge < -0.3 is 15.0 Å². The van der Waals surface area contributed by atoms with Crippen molar-refractivity contribution < 1.29 is 9.53 Å². The number of hydrogen-bond acceptors (Lipinski definition) is 3. The van der Waals surface area contributed by atoms with Crippen molar-refractivity contribution in [2.24, 2.45) is 0 Å². The van der Waals surface area contributed by atoms with Gasteiger partial charge in [-0.15, -0.1) is 0 Å². The molecule has 1 saturated carbocycles. The molecule has 0 radical (unpaired) electrons. The molecule has 0 spiro atoms. The first kappa shape index (κ1) is 19.8. The van der Waals surface area contributed by atoms with Crippen LogP contribution in [0.25, 0.3) is 0 Å². The lowest BCUT2D eigenvalue weighted by molar-refractivity contribution is 0.132. The molecule has 29 heavy (non-hydrogen) atoms. The zero-order chi connectivity index (χ0) is 19.9. The fourth-order valence-electron chi connectivity index (χ4n) is 4.21. The molecule has 1 N–H and O–H groups in total. The minimum absolute atomic E-state index is 0.120. The molecule has 1 aliphatic heterocycles. The molecular formula is C24H31N3O2. The van der Waals surface area contributed by atoms with E-state index in [4.69, 9.17) is 4.74 Å². The lowest BCUT2D eigenvalue weighted by Crippen LogP contribution is -2.53. The molecule has 0 unspecified atom stereocenters. The van der Waals surface area contributed by atoms with Gasteiger partial charge in [0.15, 0.2) is 0 Å². The second-order valence-electron chi connectivity index (χ2n) is 8.11. The van der Waals surface area contributed by atoms with Gasteiger partial charge in [0.05, 0.1) is 0 Å². The number of carbonyl (C=O) groups excluding carboxylic acids is 1. The van der Waals surface area contributed by atoms with Crippen LogP contribution in [0.2, 0.25) is 0 Å². The quantitative estimate of drug-likeness (QED) is 0.805. The van der Waals surface area contributed by atoms with E-state index in [0.717, 1.165) is 57.1 Å². The summed E-state index contributed by atoms with van der Waals surface area (Å²) in [4.78, 5) is 16.9. The van der Waals surface area contributed by atoms with Crippen LogP contribution in [0.3, 0.4) is 0 Å². The number of nitrogens with zero attached hydrogens (tertiary/aromatic N) is 2. The maximum absolute atomic E-state index is 12.5. The molecule has 0 bridgehead atoms. The maximum Gasteiger partial charge on any atom is 0.317 e. The molecule has 2 fully saturated rings. The lowest BCUT2D eigenvalue weighted by Gasteiger charge is -2.36. The minimum atomic E-state index is 0.120. The number of hydrogen-bond donors (Lipinski definition) is 1. The zero-order valence-corrected chi connectivity index (χ0v) is 17.1. The van der Waals surface area contributed by atoms with Gasteiger partial charge in [-0.25, -0.2) is 4.79 Å². The van der Waals surface area contributed by atoms with Crippen molar-refractivity contribution in [1.82, 2.24) is 15.1 Å². The van der Waals surface area contributed by atoms with E-state index in [1.165, 1.54) is 24.8 Å². The largest absolute Gasteiger partial charge is 0.457 e. The Kier molecular flexibility index (Phi) is 6.67. The van der Waals surface area contributed by atoms with E-state index >= 15 is 0 Å². The van der Waals surface area contributed by atoms with Gasteiger partial charge in [0.2, 0.25) is 0 Å². The van der Waals surface area contributed by atoms with E-state index in [0.29, 0.717) is 6.04 Å². The standard InChI is InChI=1S/C24H31N3O2/c28-24(25-21-9-3-1-4-10-21)27-16-14-26(15-17-27)19-20-8-7-13-23(18-20)29-22-11-5-2-6-12-22/h2,5-8,11-13,18,21H,1,3-4,9-10,14-17,19H2,(H,25,28). The van der Waals surface area contributed by atoms with Gasteiger partial charge in [0, 0.05) is 38.8 Å². The minimum Gasteiger partial charge on any atom is -0.457 e. The topological polar surface area (TPSA) is 44.8 Å². The van der Waals surface area contributed by atoms with Gasteiger partial charge in [-0.2, -0.15) is 0 Å². The van der Waals surface area contributed by atoms with Crippen molar-refractivity contribution in [3.8, 4) is 11.5 Å². The Labute approximate surface area is 173 Å². The van der Waals surface area contributed by atoms with Gasteiger partial charge in [-0.1, -0.05) is 49.6 Å². The second-order valence-corrected chi connectivity index (χ2v) is 8.11. The Morgan fingerprint density at radius 1 is 0.897 bits per heavy atom. The van der Waals surface area contributed by atoms with E-state index in [9.17, 15) is 4.79 Å². The number of carbonyl (C=O) groups is 1. The SMILES string of the molecule is O=C(NC1CCCCC1)N1CCN(Cc2cccc(Oc3ccccc3)c2)CC1. The third-order valence-electron chi connectivity index (χ3n) is 5.88. The smallest absolute Gasteiger partial charge is 0.317 e. The summed E-state index contributed by atoms with van der Waals surface area (Å²) in [6, 6.07) is 18.6. The Morgan fingerprint density at radius 3 is 2.38 bits per heavy atom. The molecule has 1 aliphatic carbocycles. The summed E-state index contributed by atoms with van der Waals surface area (Å²) < 4.78 is 5.95. The number of urea groups is 1. The van der Waals surface area contributed by atoms with E-state index in [2.05, 4.69) is 22.3 Å². The number of para-hydroxylation sites is 1. The number of amides is 2. The van der Waals surface area contributed by atoms with Crippen LogP contribution in [0.5, 0.6) is 11.5 Å². The highest BCUT2D eigenvalue weighted by atomic mass is 16.5. The second kappa shape index (κ2) is 9.79. The lowest BCUT2D eigenvalue weighted by atomic mass is 9.96. The summed E-state index contributed by atoms with van der Waals surface area (Å²) in [6.45, 7) is 4.27. The molecular weight excluding hydrogens is 362 g/mol. The zero-order valence-electron chi connectivity index (χ0n) is 17.1. The van der Waals surface area contributed by atoms with E-state index in [1.54, 1.807) is 0 Å². The number of rotatable bonds is 5. The molecule has 0 aromatic heterocycles. The van der Waals surface area contributed by atoms with Crippen molar-refractivity contribution in [3.05, 3.63) is 60.2 Å². The molecule has 5 heteroatoms. The van der Waals surface area contributed by atoms with Crippen molar-refractivity contribution in [2.45, 2.75) is 44.7 Å². The van der Waals surface area contributed by atoms with Crippen LogP contribution < -0.4 is 10.1 Å². The monoisotopic (exact) mass is 393 g/mol. The highest BCUT2D eigenvalue weighted by Crippen LogP contribution is 2.23. The molecule has 2 aliphatic rings. The summed E-state index contributed by atoms with van der Waals surface area (Å²) >= 11 is 0. The van der Waals surface area contributed by atoms with Gasteiger partial charge in [0.25, 0.3) is 0 Å².